The van der Waals surface area contributed by atoms with Crippen molar-refractivity contribution in [1.82, 2.24) is 0 Å². The molecule has 0 saturated heterocycles. The average molecular weight is 147 g/mol. The molecule has 1 N–H and O–H groups in total. The van der Waals surface area contributed by atoms with Crippen molar-refractivity contribution < 1.29 is 22.0 Å². The van der Waals surface area contributed by atoms with E-state index in [1.54, 1.807) is 0 Å². The van der Waals surface area contributed by atoms with Gasteiger partial charge in [-0.05, 0) is 0 Å². The summed E-state index contributed by atoms with van der Waals surface area (Å²) < 4.78 is 55.4. The summed E-state index contributed by atoms with van der Waals surface area (Å²) in [5, 5.41) is 5.67. The fraction of sp³-hybridized carbons (Fsp3) is 0.667. The van der Waals surface area contributed by atoms with Gasteiger partial charge in [0, 0.05) is 0 Å². The highest BCUT2D eigenvalue weighted by molar-refractivity contribution is 5.63. The zero-order valence-corrected chi connectivity index (χ0v) is 3.97. The van der Waals surface area contributed by atoms with Crippen LogP contribution in [0.2, 0.25) is 0 Å². The molecule has 0 unspecified atom stereocenters. The third kappa shape index (κ3) is 1.62. The quantitative estimate of drug-likeness (QED) is 0.432. The molecule has 0 aromatic rings. The number of nitrogens with one attached hydrogen (secondary N) is 1. The van der Waals surface area contributed by atoms with Gasteiger partial charge < -0.3 is 5.41 Å². The van der Waals surface area contributed by atoms with Crippen LogP contribution in [0, 0.1) is 5.41 Å². The summed E-state index contributed by atoms with van der Waals surface area (Å²) in [6, 6.07) is 0. The normalized spacial score (nSPS) is 13.4. The van der Waals surface area contributed by atoms with E-state index in [1.165, 1.54) is 0 Å². The van der Waals surface area contributed by atoms with Crippen molar-refractivity contribution in [2.45, 2.75) is 12.1 Å². The number of halogens is 5. The van der Waals surface area contributed by atoms with E-state index in [0.29, 0.717) is 0 Å². The third-order valence-electron chi connectivity index (χ3n) is 0.559. The van der Waals surface area contributed by atoms with Crippen LogP contribution in [-0.4, -0.2) is 18.3 Å². The molecular formula is C3H2F5N. The maximum Gasteiger partial charge on any atom is 0.459 e. The Morgan fingerprint density at radius 1 is 1.00 bits per heavy atom. The van der Waals surface area contributed by atoms with Crippen LogP contribution in [0.25, 0.3) is 0 Å². The number of rotatable bonds is 1. The summed E-state index contributed by atoms with van der Waals surface area (Å²) in [4.78, 5) is 0. The van der Waals surface area contributed by atoms with Crippen LogP contribution in [0.3, 0.4) is 0 Å². The van der Waals surface area contributed by atoms with E-state index in [4.69, 9.17) is 5.41 Å². The van der Waals surface area contributed by atoms with Crippen LogP contribution in [0.4, 0.5) is 22.0 Å². The first-order valence-corrected chi connectivity index (χ1v) is 1.77. The fourth-order valence-corrected chi connectivity index (χ4v) is 0.0818. The summed E-state index contributed by atoms with van der Waals surface area (Å²) in [5.41, 5.74) is 0. The van der Waals surface area contributed by atoms with Crippen molar-refractivity contribution >= 4 is 6.21 Å². The summed E-state index contributed by atoms with van der Waals surface area (Å²) in [7, 11) is 0. The van der Waals surface area contributed by atoms with Gasteiger partial charge in [-0.2, -0.15) is 22.0 Å². The zero-order valence-electron chi connectivity index (χ0n) is 3.97. The van der Waals surface area contributed by atoms with Gasteiger partial charge in [-0.25, -0.2) is 0 Å². The maximum atomic E-state index is 11.3. The molecule has 0 fully saturated rings. The molecule has 0 aromatic heterocycles. The molecule has 0 radical (unpaired) electrons. The minimum atomic E-state index is -5.63. The summed E-state index contributed by atoms with van der Waals surface area (Å²) in [6.07, 6.45) is -6.57. The molecule has 0 heterocycles. The first kappa shape index (κ1) is 8.32. The van der Waals surface area contributed by atoms with Crippen molar-refractivity contribution in [2.24, 2.45) is 0 Å². The Morgan fingerprint density at radius 2 is 1.33 bits per heavy atom. The number of alkyl halides is 5. The minimum Gasteiger partial charge on any atom is -0.306 e. The number of hydrogen-bond acceptors (Lipinski definition) is 1. The van der Waals surface area contributed by atoms with Gasteiger partial charge in [-0.3, -0.25) is 0 Å². The Labute approximate surface area is 47.0 Å². The smallest absolute Gasteiger partial charge is 0.306 e. The Morgan fingerprint density at radius 3 is 1.33 bits per heavy atom. The van der Waals surface area contributed by atoms with Gasteiger partial charge in [0.1, 0.15) is 0 Å². The Bertz CT molecular complexity index is 114. The van der Waals surface area contributed by atoms with Gasteiger partial charge in [0.05, 0.1) is 6.21 Å². The van der Waals surface area contributed by atoms with E-state index in [1.807, 2.05) is 0 Å². The van der Waals surface area contributed by atoms with E-state index in [9.17, 15) is 22.0 Å². The van der Waals surface area contributed by atoms with Crippen LogP contribution in [0.15, 0.2) is 0 Å². The highest BCUT2D eigenvalue weighted by atomic mass is 19.4. The molecule has 9 heavy (non-hydrogen) atoms. The van der Waals surface area contributed by atoms with Crippen molar-refractivity contribution in [3.8, 4) is 0 Å². The van der Waals surface area contributed by atoms with E-state index >= 15 is 0 Å². The lowest BCUT2D eigenvalue weighted by Gasteiger charge is -2.12. The molecule has 0 aromatic carbocycles. The van der Waals surface area contributed by atoms with E-state index in [-0.39, 0.29) is 0 Å². The average Bonchev–Trinajstić information content (AvgIpc) is 1.64. The second kappa shape index (κ2) is 1.93. The largest absolute Gasteiger partial charge is 0.459 e. The van der Waals surface area contributed by atoms with Crippen molar-refractivity contribution in [2.75, 3.05) is 0 Å². The molecule has 0 aliphatic rings. The summed E-state index contributed by atoms with van der Waals surface area (Å²) in [5.74, 6) is -4.98. The van der Waals surface area contributed by atoms with Crippen LogP contribution in [-0.2, 0) is 0 Å². The molecule has 0 spiro atoms. The van der Waals surface area contributed by atoms with Gasteiger partial charge in [0.2, 0.25) is 0 Å². The summed E-state index contributed by atoms with van der Waals surface area (Å²) >= 11 is 0. The predicted molar refractivity (Wildman–Crippen MR) is 19.8 cm³/mol. The first-order chi connectivity index (χ1) is 3.81. The first-order valence-electron chi connectivity index (χ1n) is 1.77. The molecule has 0 bridgehead atoms. The maximum absolute atomic E-state index is 11.3. The van der Waals surface area contributed by atoms with Gasteiger partial charge in [-0.15, -0.1) is 0 Å². The second-order valence-electron chi connectivity index (χ2n) is 1.27. The van der Waals surface area contributed by atoms with Crippen molar-refractivity contribution in [1.29, 1.82) is 5.41 Å². The molecule has 1 nitrogen and oxygen atoms in total. The second-order valence-corrected chi connectivity index (χ2v) is 1.27. The molecule has 0 atom stereocenters. The topological polar surface area (TPSA) is 23.9 Å². The van der Waals surface area contributed by atoms with E-state index in [0.717, 1.165) is 0 Å². The molecular weight excluding hydrogens is 145 g/mol. The molecule has 0 rings (SSSR count). The number of hydrogen-bond donors (Lipinski definition) is 1. The fourth-order valence-electron chi connectivity index (χ4n) is 0.0818. The SMILES string of the molecule is N=CC(F)(F)C(F)(F)F. The lowest BCUT2D eigenvalue weighted by molar-refractivity contribution is -0.247. The Kier molecular flexibility index (Phi) is 1.78. The van der Waals surface area contributed by atoms with Crippen molar-refractivity contribution in [3.05, 3.63) is 0 Å². The summed E-state index contributed by atoms with van der Waals surface area (Å²) in [6.45, 7) is 0. The molecule has 54 valence electrons. The van der Waals surface area contributed by atoms with Crippen LogP contribution < -0.4 is 0 Å². The highest BCUT2D eigenvalue weighted by Crippen LogP contribution is 2.33. The molecule has 0 aliphatic carbocycles. The third-order valence-corrected chi connectivity index (χ3v) is 0.559. The van der Waals surface area contributed by atoms with Gasteiger partial charge in [-0.1, -0.05) is 0 Å². The van der Waals surface area contributed by atoms with E-state index < -0.39 is 18.3 Å². The molecule has 0 aliphatic heterocycles. The minimum absolute atomic E-state index is 0.938. The molecule has 0 amide bonds. The predicted octanol–water partition coefficient (Wildman–Crippen LogP) is 1.83. The lowest BCUT2D eigenvalue weighted by Crippen LogP contribution is -2.37. The van der Waals surface area contributed by atoms with Crippen LogP contribution >= 0.6 is 0 Å². The van der Waals surface area contributed by atoms with Gasteiger partial charge in [0.15, 0.2) is 0 Å². The van der Waals surface area contributed by atoms with Gasteiger partial charge in [0.25, 0.3) is 0 Å². The Balaban J connectivity index is 4.32. The molecule has 6 heteroatoms. The monoisotopic (exact) mass is 147 g/mol. The molecule has 0 saturated carbocycles. The lowest BCUT2D eigenvalue weighted by atomic mass is 10.4. The zero-order chi connectivity index (χ0) is 7.71. The highest BCUT2D eigenvalue weighted by Gasteiger charge is 2.55. The van der Waals surface area contributed by atoms with Crippen LogP contribution in [0.1, 0.15) is 0 Å². The van der Waals surface area contributed by atoms with Crippen LogP contribution in [0.5, 0.6) is 0 Å². The van der Waals surface area contributed by atoms with E-state index in [2.05, 4.69) is 0 Å². The van der Waals surface area contributed by atoms with Crippen molar-refractivity contribution in [3.63, 3.8) is 0 Å². The van der Waals surface area contributed by atoms with Gasteiger partial charge >= 0.3 is 12.1 Å². The standard InChI is InChI=1S/C3H2F5N/c4-2(5,1-9)3(6,7)8/h1,9H. The Hall–Kier alpha value is -0.680.